The second-order valence-corrected chi connectivity index (χ2v) is 18.2. The molecule has 0 N–H and O–H groups in total. The molecule has 5 aliphatic carbocycles. The quantitative estimate of drug-likeness (QED) is 0.158. The van der Waals surface area contributed by atoms with Crippen LogP contribution in [-0.2, 0) is 5.41 Å². The van der Waals surface area contributed by atoms with Gasteiger partial charge in [0.25, 0.3) is 0 Å². The van der Waals surface area contributed by atoms with E-state index in [1.165, 1.54) is 54.4 Å². The van der Waals surface area contributed by atoms with Gasteiger partial charge in [-0.25, -0.2) is 29.9 Å². The number of fused-ring (bicyclic) bond motifs is 3. The SMILES string of the molecule is c1ccc(-c2nc(-c3ccccc3)nc(-c3ccc(-c4ccc5c(c4)-c4cc(-c6nc(-c7ccccc7)nc(-c7ccccc7)n6)ccc4C54C5CC6CC(C5)CC4C6)nc3)n2)cc1. The Hall–Kier alpha value is -7.51. The number of hydrogen-bond donors (Lipinski definition) is 0. The average Bonchev–Trinajstić information content (AvgIpc) is 3.65. The first-order valence-electron chi connectivity index (χ1n) is 22.6. The first-order chi connectivity index (χ1) is 31.6. The van der Waals surface area contributed by atoms with E-state index in [-0.39, 0.29) is 5.41 Å². The lowest BCUT2D eigenvalue weighted by molar-refractivity contribution is -0.0399. The number of hydrogen-bond acceptors (Lipinski definition) is 7. The molecule has 0 saturated heterocycles. The van der Waals surface area contributed by atoms with Crippen LogP contribution in [0.15, 0.2) is 176 Å². The van der Waals surface area contributed by atoms with Gasteiger partial charge in [0, 0.05) is 50.6 Å². The number of rotatable bonds is 7. The standard InChI is InChI=1S/C57H43N7/c1-5-13-37(14-6-1)51-59-52(38-15-7-2-8-16-38)62-55(61-51)42-22-25-49-47(33-42)46-32-41(21-24-48(46)57(49)44-28-35-27-36(30-44)31-45(57)29-35)50-26-23-43(34-58-50)56-63-53(39-17-9-3-10-18-39)60-54(64-56)40-19-11-4-12-20-40/h1-26,32-36,44-45H,27-31H2. The summed E-state index contributed by atoms with van der Waals surface area (Å²) >= 11 is 0. The molecule has 6 aromatic carbocycles. The second-order valence-electron chi connectivity index (χ2n) is 18.2. The maximum Gasteiger partial charge on any atom is 0.165 e. The molecule has 0 radical (unpaired) electrons. The topological polar surface area (TPSA) is 90.2 Å². The minimum Gasteiger partial charge on any atom is -0.255 e. The van der Waals surface area contributed by atoms with E-state index in [0.717, 1.165) is 56.5 Å². The van der Waals surface area contributed by atoms with Crippen molar-refractivity contribution in [3.05, 3.63) is 187 Å². The van der Waals surface area contributed by atoms with Gasteiger partial charge < -0.3 is 0 Å². The predicted molar refractivity (Wildman–Crippen MR) is 252 cm³/mol. The summed E-state index contributed by atoms with van der Waals surface area (Å²) in [5.74, 6) is 6.89. The molecule has 4 fully saturated rings. The number of nitrogens with zero attached hydrogens (tertiary/aromatic N) is 7. The lowest BCUT2D eigenvalue weighted by atomic mass is 9.43. The summed E-state index contributed by atoms with van der Waals surface area (Å²) in [7, 11) is 0. The van der Waals surface area contributed by atoms with E-state index < -0.39 is 0 Å². The fourth-order valence-corrected chi connectivity index (χ4v) is 12.1. The third-order valence-corrected chi connectivity index (χ3v) is 14.6. The van der Waals surface area contributed by atoms with E-state index >= 15 is 0 Å². The van der Waals surface area contributed by atoms with Crippen molar-refractivity contribution >= 4 is 0 Å². The Morgan fingerprint density at radius 3 is 1.09 bits per heavy atom. The van der Waals surface area contributed by atoms with Gasteiger partial charge in [0.2, 0.25) is 0 Å². The van der Waals surface area contributed by atoms with Crippen LogP contribution in [0, 0.1) is 23.7 Å². The van der Waals surface area contributed by atoms with E-state index in [4.69, 9.17) is 34.9 Å². The zero-order chi connectivity index (χ0) is 42.2. The van der Waals surface area contributed by atoms with Gasteiger partial charge in [-0.3, -0.25) is 4.98 Å². The van der Waals surface area contributed by atoms with Gasteiger partial charge in [0.1, 0.15) is 0 Å². The molecule has 4 bridgehead atoms. The maximum absolute atomic E-state index is 5.15. The summed E-state index contributed by atoms with van der Waals surface area (Å²) in [6.45, 7) is 0. The average molecular weight is 826 g/mol. The highest BCUT2D eigenvalue weighted by Gasteiger charge is 2.61. The third-order valence-electron chi connectivity index (χ3n) is 14.6. The van der Waals surface area contributed by atoms with E-state index in [9.17, 15) is 0 Å². The van der Waals surface area contributed by atoms with Gasteiger partial charge in [-0.2, -0.15) is 0 Å². The Kier molecular flexibility index (Phi) is 8.58. The van der Waals surface area contributed by atoms with Crippen LogP contribution < -0.4 is 0 Å². The smallest absolute Gasteiger partial charge is 0.165 e. The molecule has 3 aromatic heterocycles. The zero-order valence-electron chi connectivity index (χ0n) is 35.2. The van der Waals surface area contributed by atoms with Crippen molar-refractivity contribution in [2.45, 2.75) is 37.5 Å². The monoisotopic (exact) mass is 825 g/mol. The molecule has 306 valence electrons. The molecular formula is C57H43N7. The molecule has 5 aliphatic rings. The molecule has 7 heteroatoms. The van der Waals surface area contributed by atoms with Crippen LogP contribution in [0.2, 0.25) is 0 Å². The summed E-state index contributed by atoms with van der Waals surface area (Å²) in [6.07, 6.45) is 8.61. The van der Waals surface area contributed by atoms with Crippen LogP contribution in [0.25, 0.3) is 90.7 Å². The second kappa shape index (κ2) is 14.8. The lowest BCUT2D eigenvalue weighted by Crippen LogP contribution is -2.55. The van der Waals surface area contributed by atoms with Gasteiger partial charge >= 0.3 is 0 Å². The van der Waals surface area contributed by atoms with Crippen LogP contribution >= 0.6 is 0 Å². The summed E-state index contributed by atoms with van der Waals surface area (Å²) < 4.78 is 0. The summed E-state index contributed by atoms with van der Waals surface area (Å²) in [5, 5.41) is 0. The van der Waals surface area contributed by atoms with Crippen molar-refractivity contribution in [1.29, 1.82) is 0 Å². The molecule has 0 amide bonds. The highest BCUT2D eigenvalue weighted by Crippen LogP contribution is 2.69. The van der Waals surface area contributed by atoms with Crippen LogP contribution in [0.4, 0.5) is 0 Å². The maximum atomic E-state index is 5.15. The van der Waals surface area contributed by atoms with Crippen molar-refractivity contribution in [1.82, 2.24) is 34.9 Å². The molecule has 0 atom stereocenters. The van der Waals surface area contributed by atoms with Gasteiger partial charge in [0.15, 0.2) is 34.9 Å². The molecule has 0 aliphatic heterocycles. The number of pyridine rings is 1. The van der Waals surface area contributed by atoms with E-state index in [0.29, 0.717) is 46.8 Å². The van der Waals surface area contributed by atoms with Gasteiger partial charge in [-0.1, -0.05) is 146 Å². The minimum absolute atomic E-state index is 0.0154. The molecule has 1 spiro atoms. The molecule has 9 aromatic rings. The molecule has 4 saturated carbocycles. The van der Waals surface area contributed by atoms with Crippen LogP contribution in [0.5, 0.6) is 0 Å². The molecule has 3 heterocycles. The fraction of sp³-hybridized carbons (Fsp3) is 0.175. The Morgan fingerprint density at radius 2 is 0.688 bits per heavy atom. The summed E-state index contributed by atoms with van der Waals surface area (Å²) in [5.41, 5.74) is 13.3. The number of benzene rings is 6. The molecule has 0 unspecified atom stereocenters. The van der Waals surface area contributed by atoms with Gasteiger partial charge in [-0.15, -0.1) is 0 Å². The Labute approximate surface area is 372 Å². The van der Waals surface area contributed by atoms with E-state index in [2.05, 4.69) is 72.8 Å². The molecule has 7 nitrogen and oxygen atoms in total. The number of aromatic nitrogens is 7. The summed E-state index contributed by atoms with van der Waals surface area (Å²) in [6, 6.07) is 59.1. The molecule has 14 rings (SSSR count). The fourth-order valence-electron chi connectivity index (χ4n) is 12.1. The van der Waals surface area contributed by atoms with E-state index in [1.54, 1.807) is 0 Å². The van der Waals surface area contributed by atoms with Crippen molar-refractivity contribution in [2.24, 2.45) is 23.7 Å². The van der Waals surface area contributed by atoms with Gasteiger partial charge in [-0.05, 0) is 102 Å². The normalized spacial score (nSPS) is 21.2. The minimum atomic E-state index is 0.0154. The lowest BCUT2D eigenvalue weighted by Gasteiger charge is -2.61. The van der Waals surface area contributed by atoms with Crippen LogP contribution in [0.1, 0.15) is 43.2 Å². The van der Waals surface area contributed by atoms with Crippen molar-refractivity contribution in [2.75, 3.05) is 0 Å². The first-order valence-corrected chi connectivity index (χ1v) is 22.6. The third kappa shape index (κ3) is 6.05. The van der Waals surface area contributed by atoms with Crippen molar-refractivity contribution in [3.8, 4) is 90.7 Å². The first kappa shape index (κ1) is 37.1. The highest BCUT2D eigenvalue weighted by molar-refractivity contribution is 5.87. The van der Waals surface area contributed by atoms with Crippen molar-refractivity contribution in [3.63, 3.8) is 0 Å². The zero-order valence-corrected chi connectivity index (χ0v) is 35.2. The van der Waals surface area contributed by atoms with Crippen LogP contribution in [-0.4, -0.2) is 34.9 Å². The van der Waals surface area contributed by atoms with Crippen molar-refractivity contribution < 1.29 is 0 Å². The Morgan fingerprint density at radius 1 is 0.328 bits per heavy atom. The largest absolute Gasteiger partial charge is 0.255 e. The highest BCUT2D eigenvalue weighted by atomic mass is 15.0. The van der Waals surface area contributed by atoms with Crippen LogP contribution in [0.3, 0.4) is 0 Å². The van der Waals surface area contributed by atoms with Gasteiger partial charge in [0.05, 0.1) is 5.69 Å². The molecular weight excluding hydrogens is 783 g/mol. The Balaban J connectivity index is 0.927. The summed E-state index contributed by atoms with van der Waals surface area (Å²) in [4.78, 5) is 35.2. The molecule has 64 heavy (non-hydrogen) atoms. The Bertz CT molecular complexity index is 3070. The predicted octanol–water partition coefficient (Wildman–Crippen LogP) is 12.8. The van der Waals surface area contributed by atoms with E-state index in [1.807, 2.05) is 103 Å².